The van der Waals surface area contributed by atoms with Crippen LogP contribution in [-0.2, 0) is 0 Å². The standard InChI is InChI=1S/C14H17N3/c1-17(2)12-5-3-4-10(8-12)11-6-7-13(15)14(16)9-11/h3-9H,15-16H2,1-2H3. The molecule has 0 aliphatic rings. The molecule has 0 heterocycles. The molecule has 0 saturated carbocycles. The van der Waals surface area contributed by atoms with Crippen LogP contribution in [0.4, 0.5) is 17.1 Å². The second-order valence-corrected chi connectivity index (χ2v) is 4.29. The minimum atomic E-state index is 0.623. The van der Waals surface area contributed by atoms with Crippen LogP contribution in [-0.4, -0.2) is 14.1 Å². The van der Waals surface area contributed by atoms with Crippen LogP contribution in [0, 0.1) is 0 Å². The molecule has 0 unspecified atom stereocenters. The molecule has 2 aromatic carbocycles. The van der Waals surface area contributed by atoms with Gasteiger partial charge in [-0.25, -0.2) is 0 Å². The molecule has 17 heavy (non-hydrogen) atoms. The van der Waals surface area contributed by atoms with Crippen LogP contribution in [0.1, 0.15) is 0 Å². The quantitative estimate of drug-likeness (QED) is 0.775. The van der Waals surface area contributed by atoms with Crippen molar-refractivity contribution in [2.24, 2.45) is 0 Å². The SMILES string of the molecule is CN(C)c1cccc(-c2ccc(N)c(N)c2)c1. The predicted molar refractivity (Wildman–Crippen MR) is 75.0 cm³/mol. The molecule has 0 aliphatic heterocycles. The van der Waals surface area contributed by atoms with Crippen LogP contribution < -0.4 is 16.4 Å². The zero-order valence-electron chi connectivity index (χ0n) is 10.1. The topological polar surface area (TPSA) is 55.3 Å². The Morgan fingerprint density at radius 3 is 2.18 bits per heavy atom. The summed E-state index contributed by atoms with van der Waals surface area (Å²) in [5, 5.41) is 0. The first kappa shape index (κ1) is 11.3. The van der Waals surface area contributed by atoms with Gasteiger partial charge in [-0.3, -0.25) is 0 Å². The maximum atomic E-state index is 5.82. The Kier molecular flexibility index (Phi) is 2.91. The number of nitrogens with two attached hydrogens (primary N) is 2. The average molecular weight is 227 g/mol. The summed E-state index contributed by atoms with van der Waals surface area (Å²) < 4.78 is 0. The summed E-state index contributed by atoms with van der Waals surface area (Å²) in [7, 11) is 4.05. The summed E-state index contributed by atoms with van der Waals surface area (Å²) in [5.74, 6) is 0. The molecular weight excluding hydrogens is 210 g/mol. The van der Waals surface area contributed by atoms with E-state index in [1.807, 2.05) is 38.4 Å². The summed E-state index contributed by atoms with van der Waals surface area (Å²) >= 11 is 0. The van der Waals surface area contributed by atoms with Crippen LogP contribution >= 0.6 is 0 Å². The van der Waals surface area contributed by atoms with Crippen LogP contribution in [0.5, 0.6) is 0 Å². The molecule has 88 valence electrons. The van der Waals surface area contributed by atoms with E-state index in [4.69, 9.17) is 11.5 Å². The zero-order valence-corrected chi connectivity index (χ0v) is 10.1. The summed E-state index contributed by atoms with van der Waals surface area (Å²) in [5.41, 5.74) is 16.2. The predicted octanol–water partition coefficient (Wildman–Crippen LogP) is 2.58. The van der Waals surface area contributed by atoms with Crippen LogP contribution in [0.15, 0.2) is 42.5 Å². The van der Waals surface area contributed by atoms with Gasteiger partial charge in [0.25, 0.3) is 0 Å². The lowest BCUT2D eigenvalue weighted by atomic mass is 10.0. The smallest absolute Gasteiger partial charge is 0.0554 e. The Bertz CT molecular complexity index is 533. The highest BCUT2D eigenvalue weighted by Gasteiger charge is 2.02. The van der Waals surface area contributed by atoms with E-state index >= 15 is 0 Å². The summed E-state index contributed by atoms with van der Waals surface area (Å²) in [4.78, 5) is 2.07. The number of hydrogen-bond acceptors (Lipinski definition) is 3. The molecule has 0 atom stereocenters. The van der Waals surface area contributed by atoms with Gasteiger partial charge in [-0.1, -0.05) is 18.2 Å². The highest BCUT2D eigenvalue weighted by molar-refractivity contribution is 5.76. The van der Waals surface area contributed by atoms with Crippen molar-refractivity contribution < 1.29 is 0 Å². The largest absolute Gasteiger partial charge is 0.397 e. The lowest BCUT2D eigenvalue weighted by Crippen LogP contribution is -2.08. The van der Waals surface area contributed by atoms with E-state index in [9.17, 15) is 0 Å². The van der Waals surface area contributed by atoms with E-state index in [0.717, 1.165) is 16.8 Å². The summed E-state index contributed by atoms with van der Waals surface area (Å²) in [6.45, 7) is 0. The molecule has 0 bridgehead atoms. The maximum Gasteiger partial charge on any atom is 0.0554 e. The minimum absolute atomic E-state index is 0.623. The molecule has 2 aromatic rings. The van der Waals surface area contributed by atoms with E-state index < -0.39 is 0 Å². The van der Waals surface area contributed by atoms with Crippen molar-refractivity contribution in [2.75, 3.05) is 30.5 Å². The fourth-order valence-corrected chi connectivity index (χ4v) is 1.72. The lowest BCUT2D eigenvalue weighted by Gasteiger charge is -2.14. The number of benzene rings is 2. The molecule has 4 N–H and O–H groups in total. The molecular formula is C14H17N3. The molecule has 3 nitrogen and oxygen atoms in total. The Morgan fingerprint density at radius 1 is 0.824 bits per heavy atom. The molecule has 0 spiro atoms. The third-order valence-corrected chi connectivity index (χ3v) is 2.78. The second-order valence-electron chi connectivity index (χ2n) is 4.29. The fraction of sp³-hybridized carbons (Fsp3) is 0.143. The van der Waals surface area contributed by atoms with Crippen LogP contribution in [0.25, 0.3) is 11.1 Å². The van der Waals surface area contributed by atoms with Gasteiger partial charge in [-0.2, -0.15) is 0 Å². The Hall–Kier alpha value is -2.16. The van der Waals surface area contributed by atoms with Gasteiger partial charge >= 0.3 is 0 Å². The molecule has 0 aliphatic carbocycles. The molecule has 3 heteroatoms. The van der Waals surface area contributed by atoms with Crippen molar-refractivity contribution in [2.45, 2.75) is 0 Å². The van der Waals surface area contributed by atoms with Crippen molar-refractivity contribution in [1.82, 2.24) is 0 Å². The van der Waals surface area contributed by atoms with Gasteiger partial charge in [0.05, 0.1) is 11.4 Å². The number of hydrogen-bond donors (Lipinski definition) is 2. The van der Waals surface area contributed by atoms with Gasteiger partial charge in [-0.05, 0) is 35.4 Å². The second kappa shape index (κ2) is 4.37. The molecule has 0 fully saturated rings. The third kappa shape index (κ3) is 2.33. The monoisotopic (exact) mass is 227 g/mol. The van der Waals surface area contributed by atoms with Gasteiger partial charge in [0.15, 0.2) is 0 Å². The maximum absolute atomic E-state index is 5.82. The van der Waals surface area contributed by atoms with Crippen LogP contribution in [0.2, 0.25) is 0 Å². The highest BCUT2D eigenvalue weighted by Crippen LogP contribution is 2.27. The average Bonchev–Trinajstić information content (AvgIpc) is 2.33. The van der Waals surface area contributed by atoms with Gasteiger partial charge in [0.1, 0.15) is 0 Å². The number of nitrogens with zero attached hydrogens (tertiary/aromatic N) is 1. The van der Waals surface area contributed by atoms with E-state index in [1.165, 1.54) is 0 Å². The van der Waals surface area contributed by atoms with Crippen LogP contribution in [0.3, 0.4) is 0 Å². The molecule has 2 rings (SSSR count). The number of nitrogen functional groups attached to an aromatic ring is 2. The van der Waals surface area contributed by atoms with Crippen molar-refractivity contribution in [1.29, 1.82) is 0 Å². The van der Waals surface area contributed by atoms with Crippen molar-refractivity contribution in [3.8, 4) is 11.1 Å². The van der Waals surface area contributed by atoms with Crippen molar-refractivity contribution in [3.63, 3.8) is 0 Å². The van der Waals surface area contributed by atoms with Gasteiger partial charge in [0.2, 0.25) is 0 Å². The van der Waals surface area contributed by atoms with Crippen molar-refractivity contribution >= 4 is 17.1 Å². The van der Waals surface area contributed by atoms with E-state index in [1.54, 1.807) is 0 Å². The Labute approximate surface area is 102 Å². The van der Waals surface area contributed by atoms with Gasteiger partial charge < -0.3 is 16.4 Å². The van der Waals surface area contributed by atoms with E-state index in [0.29, 0.717) is 11.4 Å². The highest BCUT2D eigenvalue weighted by atomic mass is 15.1. The first-order valence-corrected chi connectivity index (χ1v) is 5.50. The number of rotatable bonds is 2. The lowest BCUT2D eigenvalue weighted by molar-refractivity contribution is 1.13. The molecule has 0 aromatic heterocycles. The van der Waals surface area contributed by atoms with E-state index in [-0.39, 0.29) is 0 Å². The molecule has 0 amide bonds. The van der Waals surface area contributed by atoms with Crippen molar-refractivity contribution in [3.05, 3.63) is 42.5 Å². The normalized spacial score (nSPS) is 10.2. The summed E-state index contributed by atoms with van der Waals surface area (Å²) in [6, 6.07) is 14.0. The zero-order chi connectivity index (χ0) is 12.4. The molecule has 0 saturated heterocycles. The summed E-state index contributed by atoms with van der Waals surface area (Å²) in [6.07, 6.45) is 0. The number of anilines is 3. The first-order chi connectivity index (χ1) is 8.08. The van der Waals surface area contributed by atoms with E-state index in [2.05, 4.69) is 23.1 Å². The minimum Gasteiger partial charge on any atom is -0.397 e. The first-order valence-electron chi connectivity index (χ1n) is 5.50. The fourth-order valence-electron chi connectivity index (χ4n) is 1.72. The third-order valence-electron chi connectivity index (χ3n) is 2.78. The Balaban J connectivity index is 2.45. The molecule has 0 radical (unpaired) electrons. The van der Waals surface area contributed by atoms with Gasteiger partial charge in [0, 0.05) is 19.8 Å². The Morgan fingerprint density at radius 2 is 1.53 bits per heavy atom. The van der Waals surface area contributed by atoms with Gasteiger partial charge in [-0.15, -0.1) is 0 Å².